The van der Waals surface area contributed by atoms with Crippen molar-refractivity contribution in [2.45, 2.75) is 19.8 Å². The van der Waals surface area contributed by atoms with E-state index < -0.39 is 5.82 Å². The molecule has 0 fully saturated rings. The van der Waals surface area contributed by atoms with Crippen LogP contribution in [0.25, 0.3) is 11.5 Å². The molecule has 94 valence electrons. The summed E-state index contributed by atoms with van der Waals surface area (Å²) in [7, 11) is 0. The van der Waals surface area contributed by atoms with Crippen LogP contribution in [0.1, 0.15) is 25.5 Å². The van der Waals surface area contributed by atoms with Gasteiger partial charge in [0.15, 0.2) is 5.82 Å². The Morgan fingerprint density at radius 1 is 1.39 bits per heavy atom. The molecule has 1 N–H and O–H groups in total. The van der Waals surface area contributed by atoms with Crippen LogP contribution in [0.3, 0.4) is 0 Å². The summed E-state index contributed by atoms with van der Waals surface area (Å²) >= 11 is 1.97. The minimum absolute atomic E-state index is 0.137. The summed E-state index contributed by atoms with van der Waals surface area (Å²) in [5.74, 6) is 0.0817. The van der Waals surface area contributed by atoms with E-state index in [1.54, 1.807) is 0 Å². The molecule has 0 saturated carbocycles. The summed E-state index contributed by atoms with van der Waals surface area (Å²) in [6, 6.07) is 2.78. The Kier molecular flexibility index (Phi) is 3.74. The second-order valence-corrected chi connectivity index (χ2v) is 5.21. The average Bonchev–Trinajstić information content (AvgIpc) is 2.33. The average molecular weight is 359 g/mol. The summed E-state index contributed by atoms with van der Waals surface area (Å²) in [4.78, 5) is 22.7. The van der Waals surface area contributed by atoms with Crippen molar-refractivity contribution in [1.82, 2.24) is 15.0 Å². The lowest BCUT2D eigenvalue weighted by Crippen LogP contribution is -2.17. The molecule has 4 nitrogen and oxygen atoms in total. The summed E-state index contributed by atoms with van der Waals surface area (Å²) in [5, 5.41) is 0. The lowest BCUT2D eigenvalue weighted by molar-refractivity contribution is 0.621. The molecule has 0 aliphatic heterocycles. The molecular formula is C12H11FIN3O. The Hall–Kier alpha value is -1.31. The molecule has 0 aromatic carbocycles. The van der Waals surface area contributed by atoms with Gasteiger partial charge in [0.05, 0.1) is 15.5 Å². The molecule has 0 amide bonds. The number of halogens is 2. The van der Waals surface area contributed by atoms with Crippen molar-refractivity contribution in [3.63, 3.8) is 0 Å². The van der Waals surface area contributed by atoms with E-state index in [1.807, 2.05) is 36.4 Å². The van der Waals surface area contributed by atoms with Gasteiger partial charge in [0.25, 0.3) is 5.56 Å². The van der Waals surface area contributed by atoms with Crippen LogP contribution in [0, 0.1) is 9.39 Å². The van der Waals surface area contributed by atoms with Gasteiger partial charge in [0, 0.05) is 0 Å². The Morgan fingerprint density at radius 2 is 2.11 bits per heavy atom. The van der Waals surface area contributed by atoms with Crippen LogP contribution in [-0.4, -0.2) is 15.0 Å². The van der Waals surface area contributed by atoms with Crippen molar-refractivity contribution in [2.75, 3.05) is 0 Å². The van der Waals surface area contributed by atoms with Crippen molar-refractivity contribution >= 4 is 22.6 Å². The predicted molar refractivity (Wildman–Crippen MR) is 74.9 cm³/mol. The molecule has 0 bridgehead atoms. The molecule has 18 heavy (non-hydrogen) atoms. The molecule has 0 spiro atoms. The van der Waals surface area contributed by atoms with Crippen molar-refractivity contribution in [2.24, 2.45) is 0 Å². The normalized spacial score (nSPS) is 10.9. The first-order chi connectivity index (χ1) is 8.49. The van der Waals surface area contributed by atoms with E-state index in [-0.39, 0.29) is 11.5 Å². The Morgan fingerprint density at radius 3 is 2.67 bits per heavy atom. The first-order valence-electron chi connectivity index (χ1n) is 5.40. The maximum atomic E-state index is 12.8. The zero-order valence-corrected chi connectivity index (χ0v) is 12.0. The van der Waals surface area contributed by atoms with E-state index in [2.05, 4.69) is 15.0 Å². The van der Waals surface area contributed by atoms with Gasteiger partial charge >= 0.3 is 0 Å². The number of aromatic amines is 1. The van der Waals surface area contributed by atoms with Gasteiger partial charge in [-0.2, -0.15) is 0 Å². The van der Waals surface area contributed by atoms with E-state index in [9.17, 15) is 9.18 Å². The van der Waals surface area contributed by atoms with E-state index in [4.69, 9.17) is 0 Å². The first-order valence-corrected chi connectivity index (χ1v) is 6.48. The molecule has 2 rings (SSSR count). The second-order valence-electron chi connectivity index (χ2n) is 4.13. The van der Waals surface area contributed by atoms with Gasteiger partial charge in [-0.3, -0.25) is 4.79 Å². The maximum absolute atomic E-state index is 12.8. The fourth-order valence-electron chi connectivity index (χ4n) is 1.50. The Bertz CT molecular complexity index is 622. The van der Waals surface area contributed by atoms with Crippen LogP contribution in [0.4, 0.5) is 4.39 Å². The zero-order chi connectivity index (χ0) is 13.3. The van der Waals surface area contributed by atoms with Crippen molar-refractivity contribution in [1.29, 1.82) is 0 Å². The molecule has 2 aromatic rings. The number of pyridine rings is 1. The van der Waals surface area contributed by atoms with E-state index >= 15 is 0 Å². The largest absolute Gasteiger partial charge is 0.304 e. The van der Waals surface area contributed by atoms with E-state index in [0.29, 0.717) is 15.1 Å². The molecule has 0 radical (unpaired) electrons. The molecule has 2 heterocycles. The smallest absolute Gasteiger partial charge is 0.264 e. The van der Waals surface area contributed by atoms with Gasteiger partial charge in [0.2, 0.25) is 0 Å². The fraction of sp³-hybridized carbons (Fsp3) is 0.250. The van der Waals surface area contributed by atoms with Gasteiger partial charge in [-0.15, -0.1) is 0 Å². The third kappa shape index (κ3) is 2.58. The highest BCUT2D eigenvalue weighted by molar-refractivity contribution is 14.1. The van der Waals surface area contributed by atoms with E-state index in [0.717, 1.165) is 11.9 Å². The third-order valence-corrected chi connectivity index (χ3v) is 3.45. The fourth-order valence-corrected chi connectivity index (χ4v) is 2.37. The quantitative estimate of drug-likeness (QED) is 0.839. The number of nitrogens with zero attached hydrogens (tertiary/aromatic N) is 2. The molecule has 0 unspecified atom stereocenters. The minimum Gasteiger partial charge on any atom is -0.304 e. The minimum atomic E-state index is -0.421. The van der Waals surface area contributed by atoms with Crippen LogP contribution in [0.5, 0.6) is 0 Å². The molecular weight excluding hydrogens is 348 g/mol. The highest BCUT2D eigenvalue weighted by Gasteiger charge is 2.13. The number of nitrogens with one attached hydrogen (secondary N) is 1. The molecule has 2 aromatic heterocycles. The van der Waals surface area contributed by atoms with Gasteiger partial charge in [-0.25, -0.2) is 14.4 Å². The van der Waals surface area contributed by atoms with E-state index in [1.165, 1.54) is 12.1 Å². The number of hydrogen-bond donors (Lipinski definition) is 1. The molecule has 0 aliphatic rings. The van der Waals surface area contributed by atoms with Gasteiger partial charge in [-0.1, -0.05) is 13.8 Å². The topological polar surface area (TPSA) is 58.6 Å². The van der Waals surface area contributed by atoms with Gasteiger partial charge in [0.1, 0.15) is 11.5 Å². The number of aromatic nitrogens is 3. The van der Waals surface area contributed by atoms with Crippen LogP contribution >= 0.6 is 22.6 Å². The monoisotopic (exact) mass is 359 g/mol. The number of H-pyrrole nitrogens is 1. The van der Waals surface area contributed by atoms with Gasteiger partial charge in [-0.05, 0) is 40.6 Å². The lowest BCUT2D eigenvalue weighted by atomic mass is 10.1. The highest BCUT2D eigenvalue weighted by atomic mass is 127. The zero-order valence-electron chi connectivity index (χ0n) is 9.87. The summed E-state index contributed by atoms with van der Waals surface area (Å²) in [6.45, 7) is 3.93. The van der Waals surface area contributed by atoms with Crippen LogP contribution in [-0.2, 0) is 0 Å². The van der Waals surface area contributed by atoms with Crippen molar-refractivity contribution < 1.29 is 4.39 Å². The summed E-state index contributed by atoms with van der Waals surface area (Å²) < 4.78 is 13.4. The predicted octanol–water partition coefficient (Wildman–Crippen LogP) is 2.70. The van der Waals surface area contributed by atoms with Crippen molar-refractivity contribution in [3.8, 4) is 11.5 Å². The van der Waals surface area contributed by atoms with Crippen LogP contribution < -0.4 is 5.56 Å². The second kappa shape index (κ2) is 5.13. The lowest BCUT2D eigenvalue weighted by Gasteiger charge is -2.08. The molecule has 0 atom stereocenters. The third-order valence-electron chi connectivity index (χ3n) is 2.41. The summed E-state index contributed by atoms with van der Waals surface area (Å²) in [6.07, 6.45) is 1.10. The maximum Gasteiger partial charge on any atom is 0.264 e. The van der Waals surface area contributed by atoms with Crippen molar-refractivity contribution in [3.05, 3.63) is 43.8 Å². The standard InChI is InChI=1S/C12H11FIN3O/c1-6(2)10-9(14)12(18)17-11(16-10)8-4-3-7(13)5-15-8/h3-6H,1-2H3,(H,16,17,18). The first kappa shape index (κ1) is 13.1. The summed E-state index contributed by atoms with van der Waals surface area (Å²) in [5.41, 5.74) is 0.975. The Balaban J connectivity index is 2.59. The molecule has 0 saturated heterocycles. The Labute approximate surface area is 117 Å². The SMILES string of the molecule is CC(C)c1nc(-c2ccc(F)cn2)[nH]c(=O)c1I. The molecule has 0 aliphatic carbocycles. The number of hydrogen-bond acceptors (Lipinski definition) is 3. The number of rotatable bonds is 2. The highest BCUT2D eigenvalue weighted by Crippen LogP contribution is 2.19. The van der Waals surface area contributed by atoms with Crippen LogP contribution in [0.2, 0.25) is 0 Å². The molecule has 6 heteroatoms. The van der Waals surface area contributed by atoms with Crippen LogP contribution in [0.15, 0.2) is 23.1 Å². The van der Waals surface area contributed by atoms with Gasteiger partial charge < -0.3 is 4.98 Å².